The summed E-state index contributed by atoms with van der Waals surface area (Å²) in [6.07, 6.45) is 0. The topological polar surface area (TPSA) is 67.5 Å². The SMILES string of the molecule is C/C(=N\NC(=O)c1ccc(Cl)cc1)c1cc(C)ccc1N. The number of halogens is 1. The van der Waals surface area contributed by atoms with Crippen LogP contribution in [0.5, 0.6) is 0 Å². The smallest absolute Gasteiger partial charge is 0.271 e. The fourth-order valence-corrected chi connectivity index (χ4v) is 1.97. The molecule has 108 valence electrons. The third-order valence-corrected chi connectivity index (χ3v) is 3.28. The fraction of sp³-hybridized carbons (Fsp3) is 0.125. The standard InChI is InChI=1S/C16H16ClN3O/c1-10-3-8-15(18)14(9-10)11(2)19-20-16(21)12-4-6-13(17)7-5-12/h3-9H,18H2,1-2H3,(H,20,21)/b19-11+. The zero-order chi connectivity index (χ0) is 15.4. The van der Waals surface area contributed by atoms with Crippen LogP contribution in [0.3, 0.4) is 0 Å². The van der Waals surface area contributed by atoms with Gasteiger partial charge in [0.15, 0.2) is 0 Å². The van der Waals surface area contributed by atoms with Crippen LogP contribution < -0.4 is 11.2 Å². The van der Waals surface area contributed by atoms with Crippen molar-refractivity contribution in [2.45, 2.75) is 13.8 Å². The molecule has 0 bridgehead atoms. The summed E-state index contributed by atoms with van der Waals surface area (Å²) in [6, 6.07) is 12.3. The monoisotopic (exact) mass is 301 g/mol. The number of amides is 1. The number of carbonyl (C=O) groups excluding carboxylic acids is 1. The van der Waals surface area contributed by atoms with Crippen LogP contribution in [0, 0.1) is 6.92 Å². The van der Waals surface area contributed by atoms with Crippen LogP contribution in [-0.2, 0) is 0 Å². The first-order chi connectivity index (χ1) is 9.97. The third-order valence-electron chi connectivity index (χ3n) is 3.03. The Labute approximate surface area is 128 Å². The zero-order valence-corrected chi connectivity index (χ0v) is 12.6. The van der Waals surface area contributed by atoms with Gasteiger partial charge in [-0.1, -0.05) is 23.2 Å². The van der Waals surface area contributed by atoms with E-state index in [4.69, 9.17) is 17.3 Å². The predicted octanol–water partition coefficient (Wildman–Crippen LogP) is 3.38. The molecule has 0 saturated carbocycles. The maximum Gasteiger partial charge on any atom is 0.271 e. The Hall–Kier alpha value is -2.33. The number of benzene rings is 2. The molecule has 0 aromatic heterocycles. The van der Waals surface area contributed by atoms with Gasteiger partial charge < -0.3 is 5.73 Å². The van der Waals surface area contributed by atoms with E-state index in [0.29, 0.717) is 22.0 Å². The minimum atomic E-state index is -0.294. The van der Waals surface area contributed by atoms with Crippen LogP contribution in [-0.4, -0.2) is 11.6 Å². The molecule has 0 radical (unpaired) electrons. The van der Waals surface area contributed by atoms with Gasteiger partial charge in [0, 0.05) is 21.8 Å². The highest BCUT2D eigenvalue weighted by Gasteiger charge is 2.06. The summed E-state index contributed by atoms with van der Waals surface area (Å²) in [7, 11) is 0. The molecule has 1 amide bonds. The number of hydrogen-bond acceptors (Lipinski definition) is 3. The normalized spacial score (nSPS) is 11.3. The van der Waals surface area contributed by atoms with E-state index in [2.05, 4.69) is 10.5 Å². The van der Waals surface area contributed by atoms with Crippen LogP contribution in [0.25, 0.3) is 0 Å². The van der Waals surface area contributed by atoms with E-state index in [-0.39, 0.29) is 5.91 Å². The van der Waals surface area contributed by atoms with E-state index in [1.807, 2.05) is 25.1 Å². The van der Waals surface area contributed by atoms with E-state index in [0.717, 1.165) is 11.1 Å². The Morgan fingerprint density at radius 2 is 1.86 bits per heavy atom. The van der Waals surface area contributed by atoms with Crippen molar-refractivity contribution in [3.8, 4) is 0 Å². The van der Waals surface area contributed by atoms with E-state index >= 15 is 0 Å². The highest BCUT2D eigenvalue weighted by Crippen LogP contribution is 2.14. The van der Waals surface area contributed by atoms with E-state index < -0.39 is 0 Å². The molecule has 0 heterocycles. The second-order valence-corrected chi connectivity index (χ2v) is 5.17. The lowest BCUT2D eigenvalue weighted by atomic mass is 10.1. The van der Waals surface area contributed by atoms with Crippen molar-refractivity contribution < 1.29 is 4.79 Å². The van der Waals surface area contributed by atoms with Gasteiger partial charge in [0.25, 0.3) is 5.91 Å². The fourth-order valence-electron chi connectivity index (χ4n) is 1.84. The molecule has 4 nitrogen and oxygen atoms in total. The number of nitrogen functional groups attached to an aromatic ring is 1. The Kier molecular flexibility index (Phi) is 4.60. The summed E-state index contributed by atoms with van der Waals surface area (Å²) in [6.45, 7) is 3.77. The van der Waals surface area contributed by atoms with Gasteiger partial charge in [-0.05, 0) is 50.2 Å². The zero-order valence-electron chi connectivity index (χ0n) is 11.9. The van der Waals surface area contributed by atoms with Gasteiger partial charge in [-0.2, -0.15) is 5.10 Å². The summed E-state index contributed by atoms with van der Waals surface area (Å²) >= 11 is 5.78. The molecule has 0 aliphatic rings. The lowest BCUT2D eigenvalue weighted by molar-refractivity contribution is 0.0955. The van der Waals surface area contributed by atoms with Crippen molar-refractivity contribution in [1.29, 1.82) is 0 Å². The second kappa shape index (κ2) is 6.41. The summed E-state index contributed by atoms with van der Waals surface area (Å²) < 4.78 is 0. The Morgan fingerprint density at radius 1 is 1.19 bits per heavy atom. The number of hydrogen-bond donors (Lipinski definition) is 2. The first kappa shape index (κ1) is 15.1. The number of nitrogens with two attached hydrogens (primary N) is 1. The number of nitrogens with zero attached hydrogens (tertiary/aromatic N) is 1. The molecule has 0 aliphatic carbocycles. The summed E-state index contributed by atoms with van der Waals surface area (Å²) in [5.74, 6) is -0.294. The molecule has 0 atom stereocenters. The van der Waals surface area contributed by atoms with Crippen LogP contribution >= 0.6 is 11.6 Å². The average Bonchev–Trinajstić information content (AvgIpc) is 2.47. The molecule has 21 heavy (non-hydrogen) atoms. The van der Waals surface area contributed by atoms with Crippen molar-refractivity contribution in [2.24, 2.45) is 5.10 Å². The highest BCUT2D eigenvalue weighted by molar-refractivity contribution is 6.30. The Balaban J connectivity index is 2.14. The van der Waals surface area contributed by atoms with E-state index in [9.17, 15) is 4.79 Å². The van der Waals surface area contributed by atoms with Crippen LogP contribution in [0.1, 0.15) is 28.4 Å². The number of nitrogens with one attached hydrogen (secondary N) is 1. The van der Waals surface area contributed by atoms with Crippen molar-refractivity contribution in [3.05, 3.63) is 64.2 Å². The van der Waals surface area contributed by atoms with Crippen LogP contribution in [0.2, 0.25) is 5.02 Å². The van der Waals surface area contributed by atoms with Crippen molar-refractivity contribution in [2.75, 3.05) is 5.73 Å². The number of hydrazone groups is 1. The molecular formula is C16H16ClN3O. The molecule has 0 unspecified atom stereocenters. The molecule has 0 aliphatic heterocycles. The molecule has 5 heteroatoms. The summed E-state index contributed by atoms with van der Waals surface area (Å²) in [5, 5.41) is 4.68. The van der Waals surface area contributed by atoms with Gasteiger partial charge in [-0.3, -0.25) is 4.79 Å². The molecule has 0 spiro atoms. The third kappa shape index (κ3) is 3.83. The number of carbonyl (C=O) groups is 1. The molecule has 0 fully saturated rings. The second-order valence-electron chi connectivity index (χ2n) is 4.74. The minimum Gasteiger partial charge on any atom is -0.398 e. The van der Waals surface area contributed by atoms with Crippen LogP contribution in [0.4, 0.5) is 5.69 Å². The summed E-state index contributed by atoms with van der Waals surface area (Å²) in [5.41, 5.74) is 12.1. The minimum absolute atomic E-state index is 0.294. The first-order valence-corrected chi connectivity index (χ1v) is 6.82. The molecule has 2 aromatic carbocycles. The first-order valence-electron chi connectivity index (χ1n) is 6.44. The maximum atomic E-state index is 12.0. The van der Waals surface area contributed by atoms with Gasteiger partial charge in [0.2, 0.25) is 0 Å². The van der Waals surface area contributed by atoms with Crippen molar-refractivity contribution in [3.63, 3.8) is 0 Å². The highest BCUT2D eigenvalue weighted by atomic mass is 35.5. The van der Waals surface area contributed by atoms with Crippen molar-refractivity contribution >= 4 is 28.9 Å². The lowest BCUT2D eigenvalue weighted by Gasteiger charge is -2.07. The number of rotatable bonds is 3. The van der Waals surface area contributed by atoms with Gasteiger partial charge in [-0.15, -0.1) is 0 Å². The van der Waals surface area contributed by atoms with Gasteiger partial charge >= 0.3 is 0 Å². The molecule has 0 saturated heterocycles. The Morgan fingerprint density at radius 3 is 2.52 bits per heavy atom. The van der Waals surface area contributed by atoms with Crippen molar-refractivity contribution in [1.82, 2.24) is 5.43 Å². The number of anilines is 1. The van der Waals surface area contributed by atoms with Gasteiger partial charge in [0.1, 0.15) is 0 Å². The maximum absolute atomic E-state index is 12.0. The van der Waals surface area contributed by atoms with E-state index in [1.165, 1.54) is 0 Å². The van der Waals surface area contributed by atoms with Crippen LogP contribution in [0.15, 0.2) is 47.6 Å². The number of aryl methyl sites for hydroxylation is 1. The molecule has 3 N–H and O–H groups in total. The quantitative estimate of drug-likeness (QED) is 0.518. The molecule has 2 rings (SSSR count). The average molecular weight is 302 g/mol. The molecule has 2 aromatic rings. The molecular weight excluding hydrogens is 286 g/mol. The van der Waals surface area contributed by atoms with E-state index in [1.54, 1.807) is 31.2 Å². The Bertz CT molecular complexity index is 693. The lowest BCUT2D eigenvalue weighted by Crippen LogP contribution is -2.19. The van der Waals surface area contributed by atoms with Gasteiger partial charge in [-0.25, -0.2) is 5.43 Å². The predicted molar refractivity (Wildman–Crippen MR) is 86.7 cm³/mol. The largest absolute Gasteiger partial charge is 0.398 e. The van der Waals surface area contributed by atoms with Gasteiger partial charge in [0.05, 0.1) is 5.71 Å². The summed E-state index contributed by atoms with van der Waals surface area (Å²) in [4.78, 5) is 12.0.